The Hall–Kier alpha value is -1.63. The first-order valence-electron chi connectivity index (χ1n) is 6.50. The van der Waals surface area contributed by atoms with Crippen LogP contribution in [0, 0.1) is 11.2 Å². The normalized spacial score (nSPS) is 16.5. The molecule has 0 aliphatic heterocycles. The van der Waals surface area contributed by atoms with Gasteiger partial charge in [-0.2, -0.15) is 0 Å². The van der Waals surface area contributed by atoms with E-state index in [9.17, 15) is 17.6 Å². The molecule has 0 atom stereocenters. The molecule has 0 unspecified atom stereocenters. The molecule has 1 aromatic carbocycles. The van der Waals surface area contributed by atoms with E-state index in [1.54, 1.807) is 0 Å². The third-order valence-corrected chi connectivity index (χ3v) is 5.44. The molecular formula is C14H17FO5S. The van der Waals surface area contributed by atoms with Crippen molar-refractivity contribution in [2.75, 3.05) is 12.9 Å². The van der Waals surface area contributed by atoms with Gasteiger partial charge in [0.05, 0.1) is 25.0 Å². The number of benzene rings is 1. The average molecular weight is 316 g/mol. The quantitative estimate of drug-likeness (QED) is 0.832. The van der Waals surface area contributed by atoms with Crippen molar-refractivity contribution in [2.24, 2.45) is 5.41 Å². The summed E-state index contributed by atoms with van der Waals surface area (Å²) in [5, 5.41) is 8.81. The van der Waals surface area contributed by atoms with Gasteiger partial charge < -0.3 is 9.84 Å². The second kappa shape index (κ2) is 5.63. The van der Waals surface area contributed by atoms with Gasteiger partial charge in [-0.3, -0.25) is 4.79 Å². The van der Waals surface area contributed by atoms with E-state index >= 15 is 0 Å². The minimum atomic E-state index is -3.48. The Morgan fingerprint density at radius 1 is 1.43 bits per heavy atom. The number of carboxylic acid groups (broad SMARTS) is 1. The highest BCUT2D eigenvalue weighted by Crippen LogP contribution is 2.50. The van der Waals surface area contributed by atoms with E-state index in [4.69, 9.17) is 9.84 Å². The topological polar surface area (TPSA) is 80.7 Å². The number of hydrogen-bond acceptors (Lipinski definition) is 4. The molecule has 1 aliphatic carbocycles. The predicted octanol–water partition coefficient (Wildman–Crippen LogP) is 2.00. The van der Waals surface area contributed by atoms with Gasteiger partial charge in [0, 0.05) is 0 Å². The molecule has 0 bridgehead atoms. The zero-order chi connectivity index (χ0) is 15.7. The van der Waals surface area contributed by atoms with Crippen LogP contribution in [-0.4, -0.2) is 32.4 Å². The molecule has 1 saturated carbocycles. The lowest BCUT2D eigenvalue weighted by Gasteiger charge is -2.13. The number of aliphatic carboxylic acids is 1. The third kappa shape index (κ3) is 4.17. The molecule has 21 heavy (non-hydrogen) atoms. The van der Waals surface area contributed by atoms with Crippen molar-refractivity contribution in [3.8, 4) is 5.75 Å². The number of halogens is 1. The SMILES string of the molecule is COc1ccc(CS(=O)(=O)CC2(CC(=O)O)CC2)cc1F. The predicted molar refractivity (Wildman–Crippen MR) is 74.4 cm³/mol. The molecule has 1 N–H and O–H groups in total. The maximum absolute atomic E-state index is 13.6. The van der Waals surface area contributed by atoms with E-state index in [-0.39, 0.29) is 23.7 Å². The standard InChI is InChI=1S/C14H17FO5S/c1-20-12-3-2-10(6-11(12)15)8-21(18,19)9-14(4-5-14)7-13(16)17/h2-3,6H,4-5,7-9H2,1H3,(H,16,17). The number of methoxy groups -OCH3 is 1. The van der Waals surface area contributed by atoms with E-state index in [1.807, 2.05) is 0 Å². The van der Waals surface area contributed by atoms with Crippen molar-refractivity contribution < 1.29 is 27.4 Å². The highest BCUT2D eigenvalue weighted by atomic mass is 32.2. The summed E-state index contributed by atoms with van der Waals surface area (Å²) in [5.41, 5.74) is -0.296. The van der Waals surface area contributed by atoms with E-state index in [1.165, 1.54) is 19.2 Å². The van der Waals surface area contributed by atoms with Crippen LogP contribution in [0.3, 0.4) is 0 Å². The van der Waals surface area contributed by atoms with Gasteiger partial charge in [0.1, 0.15) is 0 Å². The fourth-order valence-corrected chi connectivity index (χ4v) is 4.55. The summed E-state index contributed by atoms with van der Waals surface area (Å²) in [6, 6.07) is 4.01. The highest BCUT2D eigenvalue weighted by molar-refractivity contribution is 7.90. The summed E-state index contributed by atoms with van der Waals surface area (Å²) in [4.78, 5) is 10.8. The largest absolute Gasteiger partial charge is 0.494 e. The molecule has 0 aromatic heterocycles. The van der Waals surface area contributed by atoms with Crippen LogP contribution in [0.15, 0.2) is 18.2 Å². The number of carboxylic acids is 1. The lowest BCUT2D eigenvalue weighted by molar-refractivity contribution is -0.138. The van der Waals surface area contributed by atoms with Gasteiger partial charge in [0.25, 0.3) is 0 Å². The van der Waals surface area contributed by atoms with Crippen molar-refractivity contribution in [1.29, 1.82) is 0 Å². The smallest absolute Gasteiger partial charge is 0.303 e. The van der Waals surface area contributed by atoms with Crippen LogP contribution in [0.4, 0.5) is 4.39 Å². The molecular weight excluding hydrogens is 299 g/mol. The number of sulfone groups is 1. The lowest BCUT2D eigenvalue weighted by atomic mass is 10.1. The van der Waals surface area contributed by atoms with Gasteiger partial charge in [-0.15, -0.1) is 0 Å². The fraction of sp³-hybridized carbons (Fsp3) is 0.500. The zero-order valence-electron chi connectivity index (χ0n) is 11.6. The summed E-state index contributed by atoms with van der Waals surface area (Å²) >= 11 is 0. The highest BCUT2D eigenvalue weighted by Gasteiger charge is 2.47. The van der Waals surface area contributed by atoms with Crippen LogP contribution in [0.2, 0.25) is 0 Å². The second-order valence-electron chi connectivity index (χ2n) is 5.57. The third-order valence-electron chi connectivity index (χ3n) is 3.61. The molecule has 0 spiro atoms. The number of ether oxygens (including phenoxy) is 1. The molecule has 1 aliphatic rings. The van der Waals surface area contributed by atoms with Crippen LogP contribution in [0.5, 0.6) is 5.75 Å². The average Bonchev–Trinajstić information content (AvgIpc) is 3.05. The van der Waals surface area contributed by atoms with Gasteiger partial charge in [0.15, 0.2) is 21.4 Å². The Balaban J connectivity index is 2.08. The van der Waals surface area contributed by atoms with Gasteiger partial charge in [-0.1, -0.05) is 6.07 Å². The monoisotopic (exact) mass is 316 g/mol. The summed E-state index contributed by atoms with van der Waals surface area (Å²) in [6.07, 6.45) is 1.08. The van der Waals surface area contributed by atoms with Crippen LogP contribution in [0.1, 0.15) is 24.8 Å². The molecule has 1 fully saturated rings. The van der Waals surface area contributed by atoms with Crippen molar-refractivity contribution >= 4 is 15.8 Å². The summed E-state index contributed by atoms with van der Waals surface area (Å²) < 4.78 is 42.6. The molecule has 0 amide bonds. The summed E-state index contributed by atoms with van der Waals surface area (Å²) in [6.45, 7) is 0. The molecule has 116 valence electrons. The summed E-state index contributed by atoms with van der Waals surface area (Å²) in [7, 11) is -2.15. The van der Waals surface area contributed by atoms with Crippen molar-refractivity contribution in [3.63, 3.8) is 0 Å². The Bertz CT molecular complexity index is 649. The van der Waals surface area contributed by atoms with E-state index in [0.717, 1.165) is 6.07 Å². The van der Waals surface area contributed by atoms with Crippen molar-refractivity contribution in [2.45, 2.75) is 25.0 Å². The number of hydrogen-bond donors (Lipinski definition) is 1. The maximum Gasteiger partial charge on any atom is 0.303 e. The van der Waals surface area contributed by atoms with E-state index in [2.05, 4.69) is 0 Å². The summed E-state index contributed by atoms with van der Waals surface area (Å²) in [5.74, 6) is -2.01. The van der Waals surface area contributed by atoms with Crippen molar-refractivity contribution in [1.82, 2.24) is 0 Å². The van der Waals surface area contributed by atoms with Crippen molar-refractivity contribution in [3.05, 3.63) is 29.6 Å². The maximum atomic E-state index is 13.6. The first-order chi connectivity index (χ1) is 9.75. The molecule has 1 aromatic rings. The minimum absolute atomic E-state index is 0.0562. The van der Waals surface area contributed by atoms with Crippen LogP contribution in [-0.2, 0) is 20.4 Å². The molecule has 0 heterocycles. The Kier molecular flexibility index (Phi) is 4.22. The minimum Gasteiger partial charge on any atom is -0.494 e. The second-order valence-corrected chi connectivity index (χ2v) is 7.64. The van der Waals surface area contributed by atoms with Crippen LogP contribution < -0.4 is 4.74 Å². The number of carbonyl (C=O) groups is 1. The van der Waals surface area contributed by atoms with Gasteiger partial charge in [-0.05, 0) is 36.0 Å². The van der Waals surface area contributed by atoms with E-state index in [0.29, 0.717) is 18.4 Å². The van der Waals surface area contributed by atoms with Gasteiger partial charge in [-0.25, -0.2) is 12.8 Å². The first-order valence-corrected chi connectivity index (χ1v) is 8.32. The molecule has 0 radical (unpaired) electrons. The first kappa shape index (κ1) is 15.8. The Morgan fingerprint density at radius 3 is 2.57 bits per heavy atom. The Morgan fingerprint density at radius 2 is 2.10 bits per heavy atom. The number of rotatable bonds is 7. The molecule has 0 saturated heterocycles. The fourth-order valence-electron chi connectivity index (χ4n) is 2.44. The van der Waals surface area contributed by atoms with Gasteiger partial charge in [0.2, 0.25) is 0 Å². The lowest BCUT2D eigenvalue weighted by Crippen LogP contribution is -2.21. The molecule has 7 heteroatoms. The van der Waals surface area contributed by atoms with Gasteiger partial charge >= 0.3 is 5.97 Å². The van der Waals surface area contributed by atoms with E-state index < -0.39 is 27.0 Å². The Labute approximate surface area is 122 Å². The molecule has 2 rings (SSSR count). The zero-order valence-corrected chi connectivity index (χ0v) is 12.5. The molecule has 5 nitrogen and oxygen atoms in total. The van der Waals surface area contributed by atoms with Crippen LogP contribution in [0.25, 0.3) is 0 Å². The van der Waals surface area contributed by atoms with Crippen LogP contribution >= 0.6 is 0 Å².